The molecule has 2 rings (SSSR count). The van der Waals surface area contributed by atoms with E-state index in [1.54, 1.807) is 0 Å². The van der Waals surface area contributed by atoms with Gasteiger partial charge in [-0.15, -0.1) is 0 Å². The van der Waals surface area contributed by atoms with Gasteiger partial charge in [-0.1, -0.05) is 148 Å². The van der Waals surface area contributed by atoms with Crippen LogP contribution in [-0.2, 0) is 0 Å². The summed E-state index contributed by atoms with van der Waals surface area (Å²) in [4.78, 5) is 0. The third-order valence-corrected chi connectivity index (χ3v) is 6.18. The van der Waals surface area contributed by atoms with E-state index in [0.29, 0.717) is 5.41 Å². The van der Waals surface area contributed by atoms with Crippen LogP contribution in [-0.4, -0.2) is 0 Å². The van der Waals surface area contributed by atoms with E-state index in [2.05, 4.69) is 90.4 Å². The first-order valence-electron chi connectivity index (χ1n) is 14.7. The van der Waals surface area contributed by atoms with Crippen molar-refractivity contribution in [2.45, 2.75) is 109 Å². The minimum atomic E-state index is 0.695. The van der Waals surface area contributed by atoms with Crippen molar-refractivity contribution in [3.05, 3.63) is 109 Å². The van der Waals surface area contributed by atoms with E-state index in [-0.39, 0.29) is 0 Å². The summed E-state index contributed by atoms with van der Waals surface area (Å²) in [6.45, 7) is 40.6. The van der Waals surface area contributed by atoms with Gasteiger partial charge in [-0.05, 0) is 92.2 Å². The highest BCUT2D eigenvalue weighted by atomic mass is 14.4. The molecule has 0 bridgehead atoms. The number of hydrogen-bond acceptors (Lipinski definition) is 0. The van der Waals surface area contributed by atoms with Crippen molar-refractivity contribution in [1.82, 2.24) is 0 Å². The van der Waals surface area contributed by atoms with Gasteiger partial charge in [-0.2, -0.15) is 0 Å². The Morgan fingerprint density at radius 3 is 1.68 bits per heavy atom. The highest BCUT2D eigenvalue weighted by molar-refractivity contribution is 5.76. The second-order valence-corrected chi connectivity index (χ2v) is 9.91. The van der Waals surface area contributed by atoms with Crippen molar-refractivity contribution < 1.29 is 0 Å². The summed E-state index contributed by atoms with van der Waals surface area (Å²) in [5.74, 6) is 1.06. The third kappa shape index (κ3) is 16.3. The van der Waals surface area contributed by atoms with Gasteiger partial charge in [0.25, 0.3) is 0 Å². The molecule has 1 saturated carbocycles. The monoisotopic (exact) mass is 518 g/mol. The lowest BCUT2D eigenvalue weighted by Crippen LogP contribution is -2.30. The molecule has 1 aliphatic carbocycles. The summed E-state index contributed by atoms with van der Waals surface area (Å²) in [5, 5.41) is 0. The van der Waals surface area contributed by atoms with Crippen LogP contribution in [0, 0.1) is 11.3 Å². The Labute approximate surface area is 239 Å². The van der Waals surface area contributed by atoms with E-state index in [1.807, 2.05) is 73.6 Å². The van der Waals surface area contributed by atoms with Crippen molar-refractivity contribution in [2.75, 3.05) is 0 Å². The zero-order valence-corrected chi connectivity index (χ0v) is 27.4. The number of rotatable bonds is 8. The SMILES string of the molecule is C=C/C(=C\CC)c1cccc(C(=C)C)c1.C=CC(=C\C)/C(=C/C)C(=C)C.CC.CC.CCC1CC(C)(C)C1. The average molecular weight is 519 g/mol. The maximum atomic E-state index is 3.95. The molecular weight excluding hydrogens is 456 g/mol. The zero-order chi connectivity index (χ0) is 30.3. The first-order valence-corrected chi connectivity index (χ1v) is 14.7. The molecule has 0 unspecified atom stereocenters. The minimum absolute atomic E-state index is 0.695. The number of benzene rings is 1. The third-order valence-electron chi connectivity index (χ3n) is 6.18. The Morgan fingerprint density at radius 1 is 0.895 bits per heavy atom. The van der Waals surface area contributed by atoms with Crippen molar-refractivity contribution in [2.24, 2.45) is 11.3 Å². The first-order chi connectivity index (χ1) is 18.0. The molecule has 0 aromatic heterocycles. The first kappa shape index (κ1) is 39.9. The molecule has 0 N–H and O–H groups in total. The molecule has 0 amide bonds. The average Bonchev–Trinajstić information content (AvgIpc) is 2.91. The molecule has 0 heterocycles. The van der Waals surface area contributed by atoms with Gasteiger partial charge >= 0.3 is 0 Å². The number of allylic oxidation sites excluding steroid dienone is 10. The summed E-state index contributed by atoms with van der Waals surface area (Å²) < 4.78 is 0. The molecule has 1 fully saturated rings. The van der Waals surface area contributed by atoms with E-state index >= 15 is 0 Å². The van der Waals surface area contributed by atoms with Crippen LogP contribution in [0.15, 0.2) is 97.7 Å². The molecular formula is C38H62. The second-order valence-electron chi connectivity index (χ2n) is 9.91. The quantitative estimate of drug-likeness (QED) is 0.300. The van der Waals surface area contributed by atoms with Gasteiger partial charge in [-0.25, -0.2) is 0 Å². The molecule has 0 atom stereocenters. The van der Waals surface area contributed by atoms with Gasteiger partial charge in [0, 0.05) is 0 Å². The predicted octanol–water partition coefficient (Wildman–Crippen LogP) is 13.2. The zero-order valence-electron chi connectivity index (χ0n) is 27.4. The lowest BCUT2D eigenvalue weighted by atomic mass is 9.64. The van der Waals surface area contributed by atoms with Crippen LogP contribution in [0.4, 0.5) is 0 Å². The summed E-state index contributed by atoms with van der Waals surface area (Å²) in [6.07, 6.45) is 15.4. The lowest BCUT2D eigenvalue weighted by Gasteiger charge is -2.42. The van der Waals surface area contributed by atoms with Gasteiger partial charge < -0.3 is 0 Å². The Bertz CT molecular complexity index is 903. The molecule has 0 heteroatoms. The fourth-order valence-electron chi connectivity index (χ4n) is 4.34. The van der Waals surface area contributed by atoms with Crippen molar-refractivity contribution in [1.29, 1.82) is 0 Å². The van der Waals surface area contributed by atoms with Crippen LogP contribution >= 0.6 is 0 Å². The lowest BCUT2D eigenvalue weighted by molar-refractivity contribution is 0.0938. The van der Waals surface area contributed by atoms with Gasteiger partial charge in [-0.3, -0.25) is 0 Å². The fraction of sp³-hybridized carbons (Fsp3) is 0.474. The largest absolute Gasteiger partial charge is 0.0985 e. The highest BCUT2D eigenvalue weighted by Gasteiger charge is 2.34. The van der Waals surface area contributed by atoms with Crippen LogP contribution in [0.2, 0.25) is 0 Å². The number of hydrogen-bond donors (Lipinski definition) is 0. The minimum Gasteiger partial charge on any atom is -0.0985 e. The summed E-state index contributed by atoms with van der Waals surface area (Å²) >= 11 is 0. The molecule has 0 aliphatic heterocycles. The van der Waals surface area contributed by atoms with Crippen LogP contribution in [0.5, 0.6) is 0 Å². The van der Waals surface area contributed by atoms with Gasteiger partial charge in [0.1, 0.15) is 0 Å². The van der Waals surface area contributed by atoms with E-state index in [4.69, 9.17) is 0 Å². The smallest absolute Gasteiger partial charge is 0.0181 e. The molecule has 0 radical (unpaired) electrons. The molecule has 38 heavy (non-hydrogen) atoms. The van der Waals surface area contributed by atoms with Gasteiger partial charge in [0.05, 0.1) is 0 Å². The Kier molecular flexibility index (Phi) is 24.7. The van der Waals surface area contributed by atoms with Crippen LogP contribution in [0.25, 0.3) is 11.1 Å². The van der Waals surface area contributed by atoms with Crippen molar-refractivity contribution >= 4 is 11.1 Å². The van der Waals surface area contributed by atoms with E-state index in [0.717, 1.165) is 29.1 Å². The van der Waals surface area contributed by atoms with Crippen LogP contribution < -0.4 is 0 Å². The topological polar surface area (TPSA) is 0 Å². The Hall–Kier alpha value is -2.60. The molecule has 1 aromatic rings. The fourth-order valence-corrected chi connectivity index (χ4v) is 4.34. The van der Waals surface area contributed by atoms with Crippen molar-refractivity contribution in [3.8, 4) is 0 Å². The van der Waals surface area contributed by atoms with E-state index in [9.17, 15) is 0 Å². The molecule has 0 spiro atoms. The molecule has 0 saturated heterocycles. The maximum absolute atomic E-state index is 3.95. The van der Waals surface area contributed by atoms with E-state index < -0.39 is 0 Å². The van der Waals surface area contributed by atoms with Crippen LogP contribution in [0.3, 0.4) is 0 Å². The maximum Gasteiger partial charge on any atom is -0.0181 e. The second kappa shape index (κ2) is 23.5. The standard InChI is InChI=1S/C15H18.C11H16.C8H16.2C2H6/c1-5-8-13(6-2)15-10-7-9-14(11-15)12(3)4;1-6-10(7-2)11(8-3)9(4)5;1-4-7-5-8(2,3)6-7;2*1-2/h6-11H,2-3,5H2,1,4H3;6-8H,1,4H2,2-3,5H3;7H,4-6H2,1-3H3;2*1-2H3/b13-8+;10-7+,11-8+;;;. The summed E-state index contributed by atoms with van der Waals surface area (Å²) in [7, 11) is 0. The van der Waals surface area contributed by atoms with Gasteiger partial charge in [0.15, 0.2) is 0 Å². The van der Waals surface area contributed by atoms with Crippen LogP contribution in [0.1, 0.15) is 120 Å². The molecule has 214 valence electrons. The molecule has 0 nitrogen and oxygen atoms in total. The van der Waals surface area contributed by atoms with E-state index in [1.165, 1.54) is 41.5 Å². The summed E-state index contributed by atoms with van der Waals surface area (Å²) in [5.41, 5.74) is 8.81. The van der Waals surface area contributed by atoms with Crippen molar-refractivity contribution in [3.63, 3.8) is 0 Å². The molecule has 1 aliphatic rings. The molecule has 1 aromatic carbocycles. The van der Waals surface area contributed by atoms with Gasteiger partial charge in [0.2, 0.25) is 0 Å². The Balaban J connectivity index is -0.000000471. The predicted molar refractivity (Wildman–Crippen MR) is 182 cm³/mol. The Morgan fingerprint density at radius 2 is 1.42 bits per heavy atom. The normalized spacial score (nSPS) is 14.3. The summed E-state index contributed by atoms with van der Waals surface area (Å²) in [6, 6.07) is 8.41. The highest BCUT2D eigenvalue weighted by Crippen LogP contribution is 2.45.